The summed E-state index contributed by atoms with van der Waals surface area (Å²) in [6.07, 6.45) is 0.184. The maximum Gasteiger partial charge on any atom is 0.253 e. The maximum atomic E-state index is 13.6. The van der Waals surface area contributed by atoms with Gasteiger partial charge in [-0.3, -0.25) is 4.79 Å². The van der Waals surface area contributed by atoms with Gasteiger partial charge in [0.2, 0.25) is 0 Å². The standard InChI is InChI=1S/C14H18FNO2/c1-9(2)12-7-10(3-4-13(12)15)14(18)16-6-5-11(17)8-16/h3-4,7,9,11,17H,5-6,8H2,1-2H3. The molecular weight excluding hydrogens is 233 g/mol. The molecule has 1 fully saturated rings. The molecule has 0 aromatic heterocycles. The molecule has 0 radical (unpaired) electrons. The maximum absolute atomic E-state index is 13.6. The predicted octanol–water partition coefficient (Wildman–Crippen LogP) is 2.16. The summed E-state index contributed by atoms with van der Waals surface area (Å²) in [4.78, 5) is 13.8. The van der Waals surface area contributed by atoms with Gasteiger partial charge >= 0.3 is 0 Å². The summed E-state index contributed by atoms with van der Waals surface area (Å²) in [6.45, 7) is 4.72. The molecule has 1 aliphatic heterocycles. The molecule has 0 spiro atoms. The van der Waals surface area contributed by atoms with Crippen LogP contribution in [0.25, 0.3) is 0 Å². The van der Waals surface area contributed by atoms with Crippen LogP contribution in [0.1, 0.15) is 42.1 Å². The zero-order chi connectivity index (χ0) is 13.3. The number of rotatable bonds is 2. The van der Waals surface area contributed by atoms with E-state index in [1.807, 2.05) is 13.8 Å². The van der Waals surface area contributed by atoms with E-state index in [4.69, 9.17) is 0 Å². The second kappa shape index (κ2) is 5.06. The second-order valence-electron chi connectivity index (χ2n) is 5.08. The van der Waals surface area contributed by atoms with Gasteiger partial charge in [-0.05, 0) is 36.1 Å². The summed E-state index contributed by atoms with van der Waals surface area (Å²) in [6, 6.07) is 4.47. The van der Waals surface area contributed by atoms with Gasteiger partial charge in [0.05, 0.1) is 6.10 Å². The summed E-state index contributed by atoms with van der Waals surface area (Å²) in [5.74, 6) is -0.363. The number of likely N-dealkylation sites (tertiary alicyclic amines) is 1. The quantitative estimate of drug-likeness (QED) is 0.875. The summed E-state index contributed by atoms with van der Waals surface area (Å²) < 4.78 is 13.6. The van der Waals surface area contributed by atoms with E-state index in [0.717, 1.165) is 0 Å². The number of halogens is 1. The Morgan fingerprint density at radius 2 is 2.22 bits per heavy atom. The molecule has 18 heavy (non-hydrogen) atoms. The van der Waals surface area contributed by atoms with Gasteiger partial charge in [-0.1, -0.05) is 13.8 Å². The summed E-state index contributed by atoms with van der Waals surface area (Å²) >= 11 is 0. The third-order valence-electron chi connectivity index (χ3n) is 3.32. The van der Waals surface area contributed by atoms with Crippen LogP contribution in [-0.2, 0) is 0 Å². The fraction of sp³-hybridized carbons (Fsp3) is 0.500. The van der Waals surface area contributed by atoms with Crippen molar-refractivity contribution in [2.75, 3.05) is 13.1 Å². The number of aliphatic hydroxyl groups is 1. The highest BCUT2D eigenvalue weighted by Gasteiger charge is 2.25. The Morgan fingerprint density at radius 3 is 2.78 bits per heavy atom. The third-order valence-corrected chi connectivity index (χ3v) is 3.32. The third kappa shape index (κ3) is 2.53. The van der Waals surface area contributed by atoms with Crippen molar-refractivity contribution in [3.05, 3.63) is 35.1 Å². The first kappa shape index (κ1) is 13.0. The molecule has 2 rings (SSSR count). The average Bonchev–Trinajstić information content (AvgIpc) is 2.75. The summed E-state index contributed by atoms with van der Waals surface area (Å²) in [5.41, 5.74) is 1.05. The summed E-state index contributed by atoms with van der Waals surface area (Å²) in [5, 5.41) is 9.43. The molecule has 1 saturated heterocycles. The molecule has 0 saturated carbocycles. The van der Waals surface area contributed by atoms with E-state index in [2.05, 4.69) is 0 Å². The van der Waals surface area contributed by atoms with Gasteiger partial charge in [0.25, 0.3) is 5.91 Å². The molecule has 1 aliphatic rings. The molecule has 0 aliphatic carbocycles. The average molecular weight is 251 g/mol. The van der Waals surface area contributed by atoms with E-state index in [1.165, 1.54) is 12.1 Å². The van der Waals surface area contributed by atoms with Crippen LogP contribution < -0.4 is 0 Å². The lowest BCUT2D eigenvalue weighted by Gasteiger charge is -2.17. The lowest BCUT2D eigenvalue weighted by Crippen LogP contribution is -2.29. The number of carbonyl (C=O) groups is 1. The highest BCUT2D eigenvalue weighted by Crippen LogP contribution is 2.21. The first-order chi connectivity index (χ1) is 8.49. The molecule has 1 amide bonds. The van der Waals surface area contributed by atoms with Gasteiger partial charge in [0.15, 0.2) is 0 Å². The van der Waals surface area contributed by atoms with E-state index in [1.54, 1.807) is 11.0 Å². The zero-order valence-electron chi connectivity index (χ0n) is 10.7. The van der Waals surface area contributed by atoms with Crippen molar-refractivity contribution in [2.45, 2.75) is 32.3 Å². The van der Waals surface area contributed by atoms with Crippen molar-refractivity contribution in [2.24, 2.45) is 0 Å². The molecule has 1 atom stereocenters. The Kier molecular flexibility index (Phi) is 3.66. The normalized spacial score (nSPS) is 19.6. The van der Waals surface area contributed by atoms with Crippen LogP contribution in [0.5, 0.6) is 0 Å². The Balaban J connectivity index is 2.23. The minimum atomic E-state index is -0.432. The Labute approximate surface area is 106 Å². The Hall–Kier alpha value is -1.42. The minimum Gasteiger partial charge on any atom is -0.391 e. The van der Waals surface area contributed by atoms with Gasteiger partial charge < -0.3 is 10.0 Å². The number of nitrogens with zero attached hydrogens (tertiary/aromatic N) is 1. The highest BCUT2D eigenvalue weighted by atomic mass is 19.1. The van der Waals surface area contributed by atoms with Crippen LogP contribution in [-0.4, -0.2) is 35.1 Å². The van der Waals surface area contributed by atoms with E-state index in [-0.39, 0.29) is 17.6 Å². The lowest BCUT2D eigenvalue weighted by molar-refractivity contribution is 0.0765. The van der Waals surface area contributed by atoms with Crippen molar-refractivity contribution in [3.63, 3.8) is 0 Å². The molecule has 0 bridgehead atoms. The van der Waals surface area contributed by atoms with Crippen molar-refractivity contribution in [1.29, 1.82) is 0 Å². The van der Waals surface area contributed by atoms with Crippen molar-refractivity contribution in [1.82, 2.24) is 4.90 Å². The topological polar surface area (TPSA) is 40.5 Å². The van der Waals surface area contributed by atoms with Crippen molar-refractivity contribution < 1.29 is 14.3 Å². The number of hydrogen-bond donors (Lipinski definition) is 1. The molecule has 1 aromatic rings. The molecule has 4 heteroatoms. The lowest BCUT2D eigenvalue weighted by atomic mass is 9.99. The van der Waals surface area contributed by atoms with Crippen LogP contribution >= 0.6 is 0 Å². The van der Waals surface area contributed by atoms with Crippen molar-refractivity contribution >= 4 is 5.91 Å². The number of benzene rings is 1. The number of hydrogen-bond acceptors (Lipinski definition) is 2. The van der Waals surface area contributed by atoms with E-state index in [0.29, 0.717) is 30.6 Å². The highest BCUT2D eigenvalue weighted by molar-refractivity contribution is 5.94. The van der Waals surface area contributed by atoms with Crippen LogP contribution in [0.3, 0.4) is 0 Å². The number of carbonyl (C=O) groups excluding carboxylic acids is 1. The zero-order valence-corrected chi connectivity index (χ0v) is 10.7. The minimum absolute atomic E-state index is 0.0434. The van der Waals surface area contributed by atoms with E-state index < -0.39 is 6.10 Å². The number of amides is 1. The largest absolute Gasteiger partial charge is 0.391 e. The second-order valence-corrected chi connectivity index (χ2v) is 5.08. The fourth-order valence-corrected chi connectivity index (χ4v) is 2.23. The van der Waals surface area contributed by atoms with Crippen LogP contribution in [0.2, 0.25) is 0 Å². The number of β-amino-alcohol motifs (C(OH)–C–C–N with tert-alkyl or cyclic N) is 1. The van der Waals surface area contributed by atoms with E-state index in [9.17, 15) is 14.3 Å². The van der Waals surface area contributed by atoms with Gasteiger partial charge in [-0.25, -0.2) is 4.39 Å². The van der Waals surface area contributed by atoms with Crippen LogP contribution in [0.4, 0.5) is 4.39 Å². The first-order valence-electron chi connectivity index (χ1n) is 6.26. The molecular formula is C14H18FNO2. The van der Waals surface area contributed by atoms with Crippen LogP contribution in [0, 0.1) is 5.82 Å². The molecule has 1 unspecified atom stereocenters. The molecule has 1 N–H and O–H groups in total. The Morgan fingerprint density at radius 1 is 1.50 bits per heavy atom. The van der Waals surface area contributed by atoms with Crippen molar-refractivity contribution in [3.8, 4) is 0 Å². The van der Waals surface area contributed by atoms with Gasteiger partial charge in [-0.15, -0.1) is 0 Å². The van der Waals surface area contributed by atoms with Gasteiger partial charge in [-0.2, -0.15) is 0 Å². The molecule has 98 valence electrons. The van der Waals surface area contributed by atoms with Gasteiger partial charge in [0, 0.05) is 18.7 Å². The Bertz CT molecular complexity index is 459. The van der Waals surface area contributed by atoms with E-state index >= 15 is 0 Å². The smallest absolute Gasteiger partial charge is 0.253 e. The SMILES string of the molecule is CC(C)c1cc(C(=O)N2CCC(O)C2)ccc1F. The molecule has 1 aromatic carbocycles. The monoisotopic (exact) mass is 251 g/mol. The molecule has 3 nitrogen and oxygen atoms in total. The first-order valence-corrected chi connectivity index (χ1v) is 6.26. The van der Waals surface area contributed by atoms with Gasteiger partial charge in [0.1, 0.15) is 5.82 Å². The summed E-state index contributed by atoms with van der Waals surface area (Å²) in [7, 11) is 0. The number of aliphatic hydroxyl groups excluding tert-OH is 1. The van der Waals surface area contributed by atoms with Crippen LogP contribution in [0.15, 0.2) is 18.2 Å². The molecule has 1 heterocycles. The fourth-order valence-electron chi connectivity index (χ4n) is 2.23. The predicted molar refractivity (Wildman–Crippen MR) is 67.0 cm³/mol.